The monoisotopic (exact) mass is 374 g/mol. The van der Waals surface area contributed by atoms with Crippen LogP contribution in [0.1, 0.15) is 18.5 Å². The highest BCUT2D eigenvalue weighted by Crippen LogP contribution is 2.40. The molecule has 0 aromatic heterocycles. The van der Waals surface area contributed by atoms with E-state index in [0.717, 1.165) is 0 Å². The van der Waals surface area contributed by atoms with Crippen LogP contribution >= 0.6 is 11.6 Å². The summed E-state index contributed by atoms with van der Waals surface area (Å²) in [5.41, 5.74) is 1.30. The van der Waals surface area contributed by atoms with Crippen LogP contribution in [-0.4, -0.2) is 32.1 Å². The highest BCUT2D eigenvalue weighted by molar-refractivity contribution is 6.34. The molecule has 0 spiro atoms. The van der Waals surface area contributed by atoms with Crippen molar-refractivity contribution in [3.05, 3.63) is 53.1 Å². The first-order chi connectivity index (χ1) is 12.5. The van der Waals surface area contributed by atoms with Crippen molar-refractivity contribution in [2.24, 2.45) is 0 Å². The summed E-state index contributed by atoms with van der Waals surface area (Å²) in [6.45, 7) is 1.93. The summed E-state index contributed by atoms with van der Waals surface area (Å²) in [5.74, 6) is 0.711. The van der Waals surface area contributed by atoms with Gasteiger partial charge in [0.1, 0.15) is 12.6 Å². The molecule has 0 radical (unpaired) electrons. The van der Waals surface area contributed by atoms with Crippen LogP contribution in [0.25, 0.3) is 0 Å². The minimum absolute atomic E-state index is 0.230. The van der Waals surface area contributed by atoms with Gasteiger partial charge in [-0.25, -0.2) is 0 Å². The molecule has 0 fully saturated rings. The van der Waals surface area contributed by atoms with Gasteiger partial charge >= 0.3 is 0 Å². The number of hydrogen-bond acceptors (Lipinski definition) is 4. The Hall–Kier alpha value is -2.73. The quantitative estimate of drug-likeness (QED) is 0.844. The number of nitrogens with one attached hydrogen (secondary N) is 1. The van der Waals surface area contributed by atoms with Crippen LogP contribution < -0.4 is 19.7 Å². The predicted molar refractivity (Wildman–Crippen MR) is 98.9 cm³/mol. The summed E-state index contributed by atoms with van der Waals surface area (Å²) in [4.78, 5) is 25.8. The third kappa shape index (κ3) is 3.46. The maximum Gasteiger partial charge on any atom is 0.254 e. The Morgan fingerprint density at radius 3 is 2.62 bits per heavy atom. The Balaban J connectivity index is 1.78. The van der Waals surface area contributed by atoms with Crippen molar-refractivity contribution in [1.29, 1.82) is 0 Å². The number of nitrogens with zero attached hydrogens (tertiary/aromatic N) is 1. The van der Waals surface area contributed by atoms with E-state index in [0.29, 0.717) is 34.3 Å². The summed E-state index contributed by atoms with van der Waals surface area (Å²) in [5, 5.41) is 3.14. The summed E-state index contributed by atoms with van der Waals surface area (Å²) in [6.07, 6.45) is 0. The van der Waals surface area contributed by atoms with E-state index in [1.165, 1.54) is 6.92 Å². The maximum absolute atomic E-state index is 12.8. The van der Waals surface area contributed by atoms with Crippen molar-refractivity contribution in [1.82, 2.24) is 5.32 Å². The van der Waals surface area contributed by atoms with Crippen LogP contribution in [0.3, 0.4) is 0 Å². The Bertz CT molecular complexity index is 840. The van der Waals surface area contributed by atoms with Gasteiger partial charge in [0.25, 0.3) is 5.91 Å². The van der Waals surface area contributed by atoms with E-state index in [2.05, 4.69) is 5.32 Å². The average molecular weight is 375 g/mol. The van der Waals surface area contributed by atoms with E-state index in [1.54, 1.807) is 42.3 Å². The number of carbonyl (C=O) groups excluding carboxylic acids is 2. The molecular formula is C19H19ClN2O4. The van der Waals surface area contributed by atoms with Crippen molar-refractivity contribution in [3.8, 4) is 11.5 Å². The number of amides is 2. The molecule has 1 aliphatic rings. The summed E-state index contributed by atoms with van der Waals surface area (Å²) in [6, 6.07) is 11.8. The van der Waals surface area contributed by atoms with Gasteiger partial charge in [0, 0.05) is 12.5 Å². The van der Waals surface area contributed by atoms with Gasteiger partial charge in [-0.2, -0.15) is 0 Å². The lowest BCUT2D eigenvalue weighted by Gasteiger charge is -2.19. The standard InChI is InChI=1S/C19H19ClN2O4/c1-12(23)21-17-13-6-5-7-14(20)18(13)22(19(17)24)10-11-26-16-9-4-3-8-15(16)25-2/h3-9,17H,10-11H2,1-2H3,(H,21,23)/t17-/m1/s1. The van der Waals surface area contributed by atoms with Gasteiger partial charge in [-0.05, 0) is 18.2 Å². The fraction of sp³-hybridized carbons (Fsp3) is 0.263. The highest BCUT2D eigenvalue weighted by atomic mass is 35.5. The predicted octanol–water partition coefficient (Wildman–Crippen LogP) is 2.95. The van der Waals surface area contributed by atoms with Gasteiger partial charge in [-0.3, -0.25) is 9.59 Å². The van der Waals surface area contributed by atoms with E-state index < -0.39 is 6.04 Å². The number of ether oxygens (including phenoxy) is 2. The number of fused-ring (bicyclic) bond motifs is 1. The summed E-state index contributed by atoms with van der Waals surface area (Å²) in [7, 11) is 1.57. The van der Waals surface area contributed by atoms with E-state index >= 15 is 0 Å². The van der Waals surface area contributed by atoms with Gasteiger partial charge in [-0.1, -0.05) is 35.9 Å². The number of methoxy groups -OCH3 is 1. The zero-order valence-electron chi connectivity index (χ0n) is 14.5. The average Bonchev–Trinajstić information content (AvgIpc) is 2.88. The molecule has 0 unspecified atom stereocenters. The lowest BCUT2D eigenvalue weighted by Crippen LogP contribution is -2.38. The van der Waals surface area contributed by atoms with Gasteiger partial charge < -0.3 is 19.7 Å². The topological polar surface area (TPSA) is 67.9 Å². The van der Waals surface area contributed by atoms with Crippen molar-refractivity contribution in [3.63, 3.8) is 0 Å². The lowest BCUT2D eigenvalue weighted by molar-refractivity contribution is -0.126. The van der Waals surface area contributed by atoms with Crippen molar-refractivity contribution in [2.45, 2.75) is 13.0 Å². The normalized spacial score (nSPS) is 15.6. The smallest absolute Gasteiger partial charge is 0.254 e. The first kappa shape index (κ1) is 18.1. The van der Waals surface area contributed by atoms with E-state index in [1.807, 2.05) is 12.1 Å². The zero-order chi connectivity index (χ0) is 18.7. The Labute approximate surface area is 156 Å². The largest absolute Gasteiger partial charge is 0.493 e. The molecule has 3 rings (SSSR count). The maximum atomic E-state index is 12.8. The van der Waals surface area contributed by atoms with Crippen LogP contribution in [0, 0.1) is 0 Å². The van der Waals surface area contributed by atoms with Gasteiger partial charge in [0.05, 0.1) is 24.4 Å². The molecule has 136 valence electrons. The van der Waals surface area contributed by atoms with Crippen LogP contribution in [-0.2, 0) is 9.59 Å². The molecule has 1 N–H and O–H groups in total. The van der Waals surface area contributed by atoms with Crippen molar-refractivity contribution < 1.29 is 19.1 Å². The number of anilines is 1. The summed E-state index contributed by atoms with van der Waals surface area (Å²) < 4.78 is 11.0. The molecule has 2 aromatic rings. The highest BCUT2D eigenvalue weighted by Gasteiger charge is 2.39. The second-order valence-corrected chi connectivity index (χ2v) is 6.21. The number of benzene rings is 2. The molecule has 2 aromatic carbocycles. The fourth-order valence-corrected chi connectivity index (χ4v) is 3.28. The second kappa shape index (κ2) is 7.66. The first-order valence-corrected chi connectivity index (χ1v) is 8.53. The molecule has 0 bridgehead atoms. The minimum atomic E-state index is -0.729. The number of rotatable bonds is 6. The van der Waals surface area contributed by atoms with Crippen LogP contribution in [0.15, 0.2) is 42.5 Å². The third-order valence-corrected chi connectivity index (χ3v) is 4.41. The molecule has 2 amide bonds. The molecule has 6 nitrogen and oxygen atoms in total. The molecule has 1 atom stereocenters. The molecule has 1 aliphatic heterocycles. The zero-order valence-corrected chi connectivity index (χ0v) is 15.2. The number of carbonyl (C=O) groups is 2. The Morgan fingerprint density at radius 1 is 1.19 bits per heavy atom. The lowest BCUT2D eigenvalue weighted by atomic mass is 10.1. The SMILES string of the molecule is COc1ccccc1OCCN1C(=O)[C@H](NC(C)=O)c2cccc(Cl)c21. The van der Waals surface area contributed by atoms with E-state index in [-0.39, 0.29) is 18.4 Å². The van der Waals surface area contributed by atoms with Crippen molar-refractivity contribution >= 4 is 29.1 Å². The third-order valence-electron chi connectivity index (χ3n) is 4.10. The minimum Gasteiger partial charge on any atom is -0.493 e. The number of halogens is 1. The second-order valence-electron chi connectivity index (χ2n) is 5.80. The van der Waals surface area contributed by atoms with Crippen LogP contribution in [0.5, 0.6) is 11.5 Å². The van der Waals surface area contributed by atoms with Gasteiger partial charge in [0.2, 0.25) is 5.91 Å². The molecule has 0 aliphatic carbocycles. The molecule has 0 saturated heterocycles. The molecule has 1 heterocycles. The van der Waals surface area contributed by atoms with Crippen LogP contribution in [0.2, 0.25) is 5.02 Å². The van der Waals surface area contributed by atoms with Crippen LogP contribution in [0.4, 0.5) is 5.69 Å². The van der Waals surface area contributed by atoms with Gasteiger partial charge in [-0.15, -0.1) is 0 Å². The Morgan fingerprint density at radius 2 is 1.92 bits per heavy atom. The van der Waals surface area contributed by atoms with E-state index in [4.69, 9.17) is 21.1 Å². The van der Waals surface area contributed by atoms with E-state index in [9.17, 15) is 9.59 Å². The van der Waals surface area contributed by atoms with Gasteiger partial charge in [0.15, 0.2) is 11.5 Å². The number of hydrogen-bond donors (Lipinski definition) is 1. The molecular weight excluding hydrogens is 356 g/mol. The molecule has 0 saturated carbocycles. The first-order valence-electron chi connectivity index (χ1n) is 8.15. The fourth-order valence-electron chi connectivity index (χ4n) is 3.00. The number of para-hydroxylation sites is 3. The molecule has 26 heavy (non-hydrogen) atoms. The van der Waals surface area contributed by atoms with Crippen molar-refractivity contribution in [2.75, 3.05) is 25.2 Å². The Kier molecular flexibility index (Phi) is 5.32. The molecule has 7 heteroatoms. The summed E-state index contributed by atoms with van der Waals surface area (Å²) >= 11 is 6.31.